The SMILES string of the molecule is Cc1ccc(Nc2nnc(Cc3ccccc3)c(=O)[nH]2)cc1Cl. The molecular weight excluding hydrogens is 312 g/mol. The molecule has 0 amide bonds. The predicted octanol–water partition coefficient (Wildman–Crippen LogP) is 3.46. The number of hydrogen-bond acceptors (Lipinski definition) is 4. The highest BCUT2D eigenvalue weighted by Gasteiger charge is 2.07. The Kier molecular flexibility index (Phi) is 4.39. The molecule has 1 heterocycles. The lowest BCUT2D eigenvalue weighted by Gasteiger charge is -2.07. The number of rotatable bonds is 4. The molecule has 0 aliphatic heterocycles. The van der Waals surface area contributed by atoms with Crippen molar-refractivity contribution >= 4 is 23.2 Å². The molecule has 0 saturated carbocycles. The first-order chi connectivity index (χ1) is 11.1. The maximum Gasteiger partial charge on any atom is 0.274 e. The topological polar surface area (TPSA) is 70.7 Å². The number of benzene rings is 2. The molecule has 0 radical (unpaired) electrons. The highest BCUT2D eigenvalue weighted by Crippen LogP contribution is 2.21. The number of halogens is 1. The van der Waals surface area contributed by atoms with Gasteiger partial charge in [0.1, 0.15) is 5.69 Å². The van der Waals surface area contributed by atoms with Gasteiger partial charge in [0.05, 0.1) is 0 Å². The third-order valence-corrected chi connectivity index (χ3v) is 3.82. The Morgan fingerprint density at radius 2 is 1.91 bits per heavy atom. The minimum absolute atomic E-state index is 0.260. The first-order valence-electron chi connectivity index (χ1n) is 7.15. The van der Waals surface area contributed by atoms with Crippen molar-refractivity contribution in [3.63, 3.8) is 0 Å². The Balaban J connectivity index is 1.79. The van der Waals surface area contributed by atoms with Crippen LogP contribution < -0.4 is 10.9 Å². The van der Waals surface area contributed by atoms with Gasteiger partial charge in [0.25, 0.3) is 5.56 Å². The minimum Gasteiger partial charge on any atom is -0.324 e. The maximum atomic E-state index is 12.1. The lowest BCUT2D eigenvalue weighted by atomic mass is 10.1. The molecule has 2 N–H and O–H groups in total. The van der Waals surface area contributed by atoms with Crippen LogP contribution >= 0.6 is 11.6 Å². The van der Waals surface area contributed by atoms with Crippen molar-refractivity contribution in [1.29, 1.82) is 0 Å². The van der Waals surface area contributed by atoms with Gasteiger partial charge in [-0.3, -0.25) is 9.78 Å². The Hall–Kier alpha value is -2.66. The van der Waals surface area contributed by atoms with E-state index in [4.69, 9.17) is 11.6 Å². The fourth-order valence-electron chi connectivity index (χ4n) is 2.13. The molecule has 0 fully saturated rings. The number of aryl methyl sites for hydroxylation is 1. The third-order valence-electron chi connectivity index (χ3n) is 3.41. The Morgan fingerprint density at radius 3 is 2.61 bits per heavy atom. The van der Waals surface area contributed by atoms with Crippen LogP contribution in [0.3, 0.4) is 0 Å². The quantitative estimate of drug-likeness (QED) is 0.770. The Morgan fingerprint density at radius 1 is 1.13 bits per heavy atom. The summed E-state index contributed by atoms with van der Waals surface area (Å²) >= 11 is 6.08. The summed E-state index contributed by atoms with van der Waals surface area (Å²) in [7, 11) is 0. The number of anilines is 2. The van der Waals surface area contributed by atoms with Crippen molar-refractivity contribution in [3.05, 3.63) is 80.7 Å². The minimum atomic E-state index is -0.260. The van der Waals surface area contributed by atoms with Crippen molar-refractivity contribution in [2.75, 3.05) is 5.32 Å². The second kappa shape index (κ2) is 6.62. The van der Waals surface area contributed by atoms with Crippen LogP contribution in [0.2, 0.25) is 5.02 Å². The molecule has 2 aromatic carbocycles. The van der Waals surface area contributed by atoms with Gasteiger partial charge in [0.15, 0.2) is 0 Å². The zero-order chi connectivity index (χ0) is 16.2. The van der Waals surface area contributed by atoms with Crippen LogP contribution in [0.15, 0.2) is 53.3 Å². The monoisotopic (exact) mass is 326 g/mol. The van der Waals surface area contributed by atoms with Crippen molar-refractivity contribution < 1.29 is 0 Å². The molecular formula is C17H15ClN4O. The van der Waals surface area contributed by atoms with Gasteiger partial charge in [-0.05, 0) is 30.2 Å². The summed E-state index contributed by atoms with van der Waals surface area (Å²) in [5.41, 5.74) is 2.85. The van der Waals surface area contributed by atoms with Crippen LogP contribution in [0.4, 0.5) is 11.6 Å². The molecule has 6 heteroatoms. The van der Waals surface area contributed by atoms with Gasteiger partial charge in [0, 0.05) is 17.1 Å². The zero-order valence-electron chi connectivity index (χ0n) is 12.5. The van der Waals surface area contributed by atoms with Crippen LogP contribution in [0.25, 0.3) is 0 Å². The molecule has 0 atom stereocenters. The van der Waals surface area contributed by atoms with E-state index in [0.717, 1.165) is 16.8 Å². The maximum absolute atomic E-state index is 12.1. The van der Waals surface area contributed by atoms with Crippen molar-refractivity contribution in [3.8, 4) is 0 Å². The van der Waals surface area contributed by atoms with Crippen LogP contribution in [0.1, 0.15) is 16.8 Å². The molecule has 0 saturated heterocycles. The first kappa shape index (κ1) is 15.2. The third kappa shape index (κ3) is 3.76. The summed E-state index contributed by atoms with van der Waals surface area (Å²) in [6.07, 6.45) is 0.444. The van der Waals surface area contributed by atoms with E-state index in [0.29, 0.717) is 17.1 Å². The summed E-state index contributed by atoms with van der Waals surface area (Å²) in [6, 6.07) is 15.2. The van der Waals surface area contributed by atoms with Crippen molar-refractivity contribution in [2.24, 2.45) is 0 Å². The number of aromatic amines is 1. The van der Waals surface area contributed by atoms with Crippen LogP contribution in [-0.4, -0.2) is 15.2 Å². The number of hydrogen-bond donors (Lipinski definition) is 2. The van der Waals surface area contributed by atoms with Gasteiger partial charge >= 0.3 is 0 Å². The number of nitrogens with one attached hydrogen (secondary N) is 2. The second-order valence-electron chi connectivity index (χ2n) is 5.20. The largest absolute Gasteiger partial charge is 0.324 e. The first-order valence-corrected chi connectivity index (χ1v) is 7.52. The van der Waals surface area contributed by atoms with Crippen molar-refractivity contribution in [2.45, 2.75) is 13.3 Å². The molecule has 3 rings (SSSR count). The van der Waals surface area contributed by atoms with E-state index < -0.39 is 0 Å². The smallest absolute Gasteiger partial charge is 0.274 e. The molecule has 1 aromatic heterocycles. The molecule has 23 heavy (non-hydrogen) atoms. The van der Waals surface area contributed by atoms with Gasteiger partial charge in [-0.15, -0.1) is 10.2 Å². The molecule has 116 valence electrons. The lowest BCUT2D eigenvalue weighted by Crippen LogP contribution is -2.18. The summed E-state index contributed by atoms with van der Waals surface area (Å²) < 4.78 is 0. The summed E-state index contributed by atoms with van der Waals surface area (Å²) in [6.45, 7) is 1.92. The van der Waals surface area contributed by atoms with E-state index in [-0.39, 0.29) is 11.5 Å². The molecule has 0 aliphatic carbocycles. The van der Waals surface area contributed by atoms with E-state index in [1.165, 1.54) is 0 Å². The number of nitrogens with zero attached hydrogens (tertiary/aromatic N) is 2. The Bertz CT molecular complexity index is 877. The Labute approximate surface area is 138 Å². The van der Waals surface area contributed by atoms with Gasteiger partial charge in [0.2, 0.25) is 5.95 Å². The summed E-state index contributed by atoms with van der Waals surface area (Å²) in [5, 5.41) is 11.7. The average Bonchev–Trinajstić information content (AvgIpc) is 2.55. The normalized spacial score (nSPS) is 10.5. The van der Waals surface area contributed by atoms with Crippen LogP contribution in [0.5, 0.6) is 0 Å². The van der Waals surface area contributed by atoms with E-state index in [2.05, 4.69) is 20.5 Å². The zero-order valence-corrected chi connectivity index (χ0v) is 13.3. The molecule has 0 aliphatic rings. The molecule has 0 bridgehead atoms. The van der Waals surface area contributed by atoms with Crippen LogP contribution in [-0.2, 0) is 6.42 Å². The van der Waals surface area contributed by atoms with E-state index in [1.807, 2.05) is 49.4 Å². The molecule has 3 aromatic rings. The van der Waals surface area contributed by atoms with E-state index >= 15 is 0 Å². The van der Waals surface area contributed by atoms with Crippen molar-refractivity contribution in [1.82, 2.24) is 15.2 Å². The fraction of sp³-hybridized carbons (Fsp3) is 0.118. The molecule has 0 unspecified atom stereocenters. The van der Waals surface area contributed by atoms with Gasteiger partial charge in [-0.2, -0.15) is 0 Å². The highest BCUT2D eigenvalue weighted by atomic mass is 35.5. The van der Waals surface area contributed by atoms with Gasteiger partial charge < -0.3 is 5.32 Å². The second-order valence-corrected chi connectivity index (χ2v) is 5.61. The predicted molar refractivity (Wildman–Crippen MR) is 91.4 cm³/mol. The summed E-state index contributed by atoms with van der Waals surface area (Å²) in [4.78, 5) is 14.8. The standard InChI is InChI=1S/C17H15ClN4O/c1-11-7-8-13(10-14(11)18)19-17-20-16(23)15(21-22-17)9-12-5-3-2-4-6-12/h2-8,10H,9H2,1H3,(H2,19,20,22,23). The average molecular weight is 327 g/mol. The lowest BCUT2D eigenvalue weighted by molar-refractivity contribution is 0.874. The summed E-state index contributed by atoms with van der Waals surface area (Å²) in [5.74, 6) is 0.284. The van der Waals surface area contributed by atoms with E-state index in [9.17, 15) is 4.79 Å². The molecule has 5 nitrogen and oxygen atoms in total. The van der Waals surface area contributed by atoms with Gasteiger partial charge in [-0.25, -0.2) is 0 Å². The molecule has 0 spiro atoms. The fourth-order valence-corrected chi connectivity index (χ4v) is 2.31. The number of aromatic nitrogens is 3. The van der Waals surface area contributed by atoms with Gasteiger partial charge in [-0.1, -0.05) is 48.0 Å². The van der Waals surface area contributed by atoms with Crippen LogP contribution in [0, 0.1) is 6.92 Å². The number of H-pyrrole nitrogens is 1. The van der Waals surface area contributed by atoms with E-state index in [1.54, 1.807) is 6.07 Å². The highest BCUT2D eigenvalue weighted by molar-refractivity contribution is 6.31.